The molecule has 0 amide bonds. The maximum Gasteiger partial charge on any atom is 0.312 e. The van der Waals surface area contributed by atoms with Crippen molar-refractivity contribution in [3.63, 3.8) is 0 Å². The molecule has 23 heavy (non-hydrogen) atoms. The first-order chi connectivity index (χ1) is 10.6. The minimum Gasteiger partial charge on any atom is -0.299 e. The van der Waals surface area contributed by atoms with E-state index in [1.165, 1.54) is 0 Å². The van der Waals surface area contributed by atoms with Gasteiger partial charge < -0.3 is 0 Å². The van der Waals surface area contributed by atoms with Gasteiger partial charge in [0.1, 0.15) is 5.78 Å². The summed E-state index contributed by atoms with van der Waals surface area (Å²) in [6.07, 6.45) is 0.405. The molecule has 2 rings (SSSR count). The van der Waals surface area contributed by atoms with Gasteiger partial charge in [0.2, 0.25) is 5.78 Å². The van der Waals surface area contributed by atoms with Crippen LogP contribution in [0.3, 0.4) is 0 Å². The molecular weight excluding hydrogens is 298 g/mol. The summed E-state index contributed by atoms with van der Waals surface area (Å²) in [4.78, 5) is 24.6. The van der Waals surface area contributed by atoms with Crippen molar-refractivity contribution >= 4 is 11.6 Å². The third-order valence-corrected chi connectivity index (χ3v) is 5.38. The number of benzene rings is 1. The summed E-state index contributed by atoms with van der Waals surface area (Å²) < 4.78 is 29.0. The van der Waals surface area contributed by atoms with E-state index in [1.807, 2.05) is 20.8 Å². The SMILES string of the molecule is CCC(C)(C)C(=O)C(C)C1CC(=O)C(F)(F)C1c1ccccc1. The van der Waals surface area contributed by atoms with E-state index in [0.29, 0.717) is 12.0 Å². The van der Waals surface area contributed by atoms with Crippen LogP contribution in [-0.2, 0) is 9.59 Å². The topological polar surface area (TPSA) is 34.1 Å². The fourth-order valence-electron chi connectivity index (χ4n) is 3.48. The van der Waals surface area contributed by atoms with Crippen LogP contribution in [-0.4, -0.2) is 17.5 Å². The maximum absolute atomic E-state index is 14.5. The second-order valence-electron chi connectivity index (χ2n) is 7.19. The van der Waals surface area contributed by atoms with Gasteiger partial charge in [-0.25, -0.2) is 0 Å². The number of hydrogen-bond donors (Lipinski definition) is 0. The summed E-state index contributed by atoms with van der Waals surface area (Å²) in [5.74, 6) is -6.95. The lowest BCUT2D eigenvalue weighted by Gasteiger charge is -2.32. The van der Waals surface area contributed by atoms with Crippen molar-refractivity contribution < 1.29 is 18.4 Å². The smallest absolute Gasteiger partial charge is 0.299 e. The Kier molecular flexibility index (Phi) is 4.74. The number of alkyl halides is 2. The van der Waals surface area contributed by atoms with Gasteiger partial charge in [0, 0.05) is 17.8 Å². The average Bonchev–Trinajstić information content (AvgIpc) is 2.76. The summed E-state index contributed by atoms with van der Waals surface area (Å²) in [5.41, 5.74) is -0.135. The molecule has 1 saturated carbocycles. The molecule has 3 unspecified atom stereocenters. The molecule has 0 heterocycles. The molecule has 0 bridgehead atoms. The average molecular weight is 322 g/mol. The van der Waals surface area contributed by atoms with Gasteiger partial charge in [0.05, 0.1) is 5.92 Å². The maximum atomic E-state index is 14.5. The molecule has 126 valence electrons. The van der Waals surface area contributed by atoms with E-state index < -0.39 is 34.9 Å². The summed E-state index contributed by atoms with van der Waals surface area (Å²) in [6, 6.07) is 8.36. The Hall–Kier alpha value is -1.58. The predicted octanol–water partition coefficient (Wildman–Crippen LogP) is 4.64. The lowest BCUT2D eigenvalue weighted by atomic mass is 9.71. The van der Waals surface area contributed by atoms with Gasteiger partial charge in [0.15, 0.2) is 0 Å². The van der Waals surface area contributed by atoms with Gasteiger partial charge in [-0.2, -0.15) is 8.78 Å². The van der Waals surface area contributed by atoms with E-state index in [9.17, 15) is 18.4 Å². The minimum absolute atomic E-state index is 0.0450. The van der Waals surface area contributed by atoms with Crippen LogP contribution < -0.4 is 0 Å². The molecule has 0 saturated heterocycles. The first-order valence-electron chi connectivity index (χ1n) is 8.13. The number of carbonyl (C=O) groups excluding carboxylic acids is 2. The highest BCUT2D eigenvalue weighted by atomic mass is 19.3. The molecule has 2 nitrogen and oxygen atoms in total. The molecule has 0 N–H and O–H groups in total. The lowest BCUT2D eigenvalue weighted by molar-refractivity contribution is -0.140. The van der Waals surface area contributed by atoms with E-state index in [0.717, 1.165) is 0 Å². The number of hydrogen-bond acceptors (Lipinski definition) is 2. The lowest BCUT2D eigenvalue weighted by Crippen LogP contribution is -2.36. The van der Waals surface area contributed by atoms with Crippen LogP contribution >= 0.6 is 0 Å². The highest BCUT2D eigenvalue weighted by Gasteiger charge is 2.59. The number of Topliss-reactive ketones (excluding diaryl/α,β-unsaturated/α-hetero) is 2. The summed E-state index contributed by atoms with van der Waals surface area (Å²) >= 11 is 0. The Bertz CT molecular complexity index is 593. The van der Waals surface area contributed by atoms with Crippen molar-refractivity contribution in [3.8, 4) is 0 Å². The molecule has 1 fully saturated rings. The van der Waals surface area contributed by atoms with Crippen LogP contribution in [0, 0.1) is 17.3 Å². The molecule has 1 aromatic carbocycles. The van der Waals surface area contributed by atoms with Crippen molar-refractivity contribution in [1.82, 2.24) is 0 Å². The van der Waals surface area contributed by atoms with Crippen LogP contribution in [0.4, 0.5) is 8.78 Å². The fraction of sp³-hybridized carbons (Fsp3) is 0.579. The molecule has 0 spiro atoms. The zero-order chi connectivity index (χ0) is 17.4. The Morgan fingerprint density at radius 3 is 2.39 bits per heavy atom. The molecule has 1 aliphatic carbocycles. The molecular formula is C19H24F2O2. The summed E-state index contributed by atoms with van der Waals surface area (Å²) in [6.45, 7) is 7.26. The van der Waals surface area contributed by atoms with Gasteiger partial charge >= 0.3 is 5.92 Å². The van der Waals surface area contributed by atoms with Crippen molar-refractivity contribution in [3.05, 3.63) is 35.9 Å². The van der Waals surface area contributed by atoms with Gasteiger partial charge in [0.25, 0.3) is 0 Å². The predicted molar refractivity (Wildman–Crippen MR) is 85.5 cm³/mol. The van der Waals surface area contributed by atoms with Crippen LogP contribution in [0.15, 0.2) is 30.3 Å². The van der Waals surface area contributed by atoms with Gasteiger partial charge in [-0.3, -0.25) is 9.59 Å². The molecule has 3 atom stereocenters. The number of ketones is 2. The Balaban J connectivity index is 2.40. The monoisotopic (exact) mass is 322 g/mol. The molecule has 0 radical (unpaired) electrons. The number of carbonyl (C=O) groups is 2. The largest absolute Gasteiger partial charge is 0.312 e. The minimum atomic E-state index is -3.41. The molecule has 4 heteroatoms. The molecule has 0 aromatic heterocycles. The summed E-state index contributed by atoms with van der Waals surface area (Å²) in [7, 11) is 0. The Morgan fingerprint density at radius 2 is 1.87 bits per heavy atom. The van der Waals surface area contributed by atoms with E-state index in [1.54, 1.807) is 37.3 Å². The van der Waals surface area contributed by atoms with Gasteiger partial charge in [-0.1, -0.05) is 58.0 Å². The van der Waals surface area contributed by atoms with Crippen molar-refractivity contribution in [2.75, 3.05) is 0 Å². The van der Waals surface area contributed by atoms with Crippen LogP contribution in [0.1, 0.15) is 52.0 Å². The normalized spacial score (nSPS) is 25.4. The molecule has 0 aliphatic heterocycles. The van der Waals surface area contributed by atoms with Crippen LogP contribution in [0.25, 0.3) is 0 Å². The van der Waals surface area contributed by atoms with E-state index >= 15 is 0 Å². The van der Waals surface area contributed by atoms with E-state index in [-0.39, 0.29) is 12.2 Å². The Morgan fingerprint density at radius 1 is 1.30 bits per heavy atom. The zero-order valence-electron chi connectivity index (χ0n) is 14.1. The number of rotatable bonds is 5. The molecule has 1 aliphatic rings. The standard InChI is InChI=1S/C19H24F2O2/c1-5-18(3,4)17(23)12(2)14-11-15(22)19(20,21)16(14)13-9-7-6-8-10-13/h6-10,12,14,16H,5,11H2,1-4H3. The first-order valence-corrected chi connectivity index (χ1v) is 8.13. The van der Waals surface area contributed by atoms with Crippen LogP contribution in [0.5, 0.6) is 0 Å². The quantitative estimate of drug-likeness (QED) is 0.791. The van der Waals surface area contributed by atoms with Crippen molar-refractivity contribution in [2.24, 2.45) is 17.3 Å². The van der Waals surface area contributed by atoms with Crippen molar-refractivity contribution in [2.45, 2.75) is 52.4 Å². The zero-order valence-corrected chi connectivity index (χ0v) is 14.1. The highest BCUT2D eigenvalue weighted by Crippen LogP contribution is 2.52. The second-order valence-corrected chi connectivity index (χ2v) is 7.19. The third kappa shape index (κ3) is 3.08. The van der Waals surface area contributed by atoms with Gasteiger partial charge in [-0.15, -0.1) is 0 Å². The highest BCUT2D eigenvalue weighted by molar-refractivity contribution is 5.92. The summed E-state index contributed by atoms with van der Waals surface area (Å²) in [5, 5.41) is 0. The molecule has 1 aromatic rings. The number of halogens is 2. The second kappa shape index (κ2) is 6.14. The van der Waals surface area contributed by atoms with Gasteiger partial charge in [-0.05, 0) is 17.9 Å². The van der Waals surface area contributed by atoms with Crippen molar-refractivity contribution in [1.29, 1.82) is 0 Å². The fourth-order valence-corrected chi connectivity index (χ4v) is 3.48. The van der Waals surface area contributed by atoms with Crippen LogP contribution in [0.2, 0.25) is 0 Å². The first kappa shape index (κ1) is 17.8. The third-order valence-electron chi connectivity index (χ3n) is 5.38. The Labute approximate surface area is 136 Å². The van der Waals surface area contributed by atoms with E-state index in [2.05, 4.69) is 0 Å². The van der Waals surface area contributed by atoms with E-state index in [4.69, 9.17) is 0 Å².